The molecule has 1 saturated heterocycles. The second-order valence-electron chi connectivity index (χ2n) is 7.04. The van der Waals surface area contributed by atoms with E-state index in [2.05, 4.69) is 30.8 Å². The highest BCUT2D eigenvalue weighted by molar-refractivity contribution is 9.10. The average Bonchev–Trinajstić information content (AvgIpc) is 3.16. The van der Waals surface area contributed by atoms with Gasteiger partial charge in [-0.25, -0.2) is 4.68 Å². The molecule has 2 aliphatic carbocycles. The maximum atomic E-state index is 12.0. The van der Waals surface area contributed by atoms with Gasteiger partial charge in [0.25, 0.3) is 5.56 Å². The molecular formula is C16H23BrN4O. The monoisotopic (exact) mass is 366 g/mol. The zero-order valence-corrected chi connectivity index (χ0v) is 14.6. The Kier molecular flexibility index (Phi) is 3.77. The molecule has 4 rings (SSSR count). The third-order valence-electron chi connectivity index (χ3n) is 5.88. The van der Waals surface area contributed by atoms with Gasteiger partial charge >= 0.3 is 0 Å². The average molecular weight is 367 g/mol. The van der Waals surface area contributed by atoms with Crippen molar-refractivity contribution >= 4 is 21.6 Å². The third kappa shape index (κ3) is 2.40. The van der Waals surface area contributed by atoms with Crippen molar-refractivity contribution in [2.75, 3.05) is 31.1 Å². The predicted molar refractivity (Wildman–Crippen MR) is 90.2 cm³/mol. The number of rotatable bonds is 2. The SMILES string of the molecule is Cn1ncc(N2CCN(C3CC4CCC3C4)CC2)c(Br)c1=O. The summed E-state index contributed by atoms with van der Waals surface area (Å²) in [6.07, 6.45) is 7.60. The molecule has 22 heavy (non-hydrogen) atoms. The van der Waals surface area contributed by atoms with E-state index >= 15 is 0 Å². The number of fused-ring (bicyclic) bond motifs is 2. The number of hydrogen-bond donors (Lipinski definition) is 0. The summed E-state index contributed by atoms with van der Waals surface area (Å²) in [5, 5.41) is 4.16. The molecule has 5 nitrogen and oxygen atoms in total. The van der Waals surface area contributed by atoms with Gasteiger partial charge in [-0.2, -0.15) is 5.10 Å². The molecule has 0 N–H and O–H groups in total. The Balaban J connectivity index is 1.44. The first-order valence-corrected chi connectivity index (χ1v) is 9.13. The molecule has 2 bridgehead atoms. The molecule has 1 aromatic rings. The van der Waals surface area contributed by atoms with Gasteiger partial charge in [0.1, 0.15) is 4.47 Å². The van der Waals surface area contributed by atoms with E-state index in [1.807, 2.05) is 0 Å². The van der Waals surface area contributed by atoms with E-state index in [0.717, 1.165) is 49.7 Å². The minimum Gasteiger partial charge on any atom is -0.367 e. The lowest BCUT2D eigenvalue weighted by atomic mass is 9.93. The van der Waals surface area contributed by atoms with E-state index in [1.54, 1.807) is 13.2 Å². The van der Waals surface area contributed by atoms with Gasteiger partial charge in [0.05, 0.1) is 11.9 Å². The van der Waals surface area contributed by atoms with Crippen LogP contribution >= 0.6 is 15.9 Å². The first-order chi connectivity index (χ1) is 10.6. The summed E-state index contributed by atoms with van der Waals surface area (Å²) in [4.78, 5) is 17.0. The van der Waals surface area contributed by atoms with Crippen LogP contribution in [0.4, 0.5) is 5.69 Å². The minimum absolute atomic E-state index is 0.0620. The van der Waals surface area contributed by atoms with Crippen molar-refractivity contribution in [1.82, 2.24) is 14.7 Å². The summed E-state index contributed by atoms with van der Waals surface area (Å²) in [5.74, 6) is 1.96. The quantitative estimate of drug-likeness (QED) is 0.800. The summed E-state index contributed by atoms with van der Waals surface area (Å²) in [6, 6.07) is 0.825. The van der Waals surface area contributed by atoms with Crippen LogP contribution in [0.15, 0.2) is 15.5 Å². The zero-order chi connectivity index (χ0) is 15.3. The fourth-order valence-corrected chi connectivity index (χ4v) is 5.29. The number of piperazine rings is 1. The zero-order valence-electron chi connectivity index (χ0n) is 13.0. The van der Waals surface area contributed by atoms with E-state index in [4.69, 9.17) is 0 Å². The smallest absolute Gasteiger partial charge is 0.282 e. The molecule has 3 aliphatic rings. The molecule has 0 radical (unpaired) electrons. The van der Waals surface area contributed by atoms with Crippen molar-refractivity contribution in [2.24, 2.45) is 18.9 Å². The lowest BCUT2D eigenvalue weighted by molar-refractivity contribution is 0.135. The van der Waals surface area contributed by atoms with Gasteiger partial charge in [0, 0.05) is 39.3 Å². The number of hydrogen-bond acceptors (Lipinski definition) is 4. The number of aromatic nitrogens is 2. The maximum Gasteiger partial charge on any atom is 0.282 e. The molecule has 0 aromatic carbocycles. The second kappa shape index (κ2) is 5.64. The van der Waals surface area contributed by atoms with Gasteiger partial charge < -0.3 is 4.90 Å². The van der Waals surface area contributed by atoms with Gasteiger partial charge in [0.2, 0.25) is 0 Å². The van der Waals surface area contributed by atoms with Crippen LogP contribution in [-0.4, -0.2) is 46.9 Å². The molecule has 3 atom stereocenters. The second-order valence-corrected chi connectivity index (χ2v) is 7.83. The van der Waals surface area contributed by atoms with Crippen LogP contribution in [0.3, 0.4) is 0 Å². The summed E-state index contributed by atoms with van der Waals surface area (Å²) >= 11 is 3.45. The maximum absolute atomic E-state index is 12.0. The van der Waals surface area contributed by atoms with Crippen LogP contribution in [0, 0.1) is 11.8 Å². The number of nitrogens with zero attached hydrogens (tertiary/aromatic N) is 4. The molecule has 6 heteroatoms. The van der Waals surface area contributed by atoms with Gasteiger partial charge in [-0.15, -0.1) is 0 Å². The highest BCUT2D eigenvalue weighted by atomic mass is 79.9. The highest BCUT2D eigenvalue weighted by Gasteiger charge is 2.42. The molecule has 2 saturated carbocycles. The van der Waals surface area contributed by atoms with Gasteiger partial charge in [-0.05, 0) is 47.0 Å². The first-order valence-electron chi connectivity index (χ1n) is 8.34. The Morgan fingerprint density at radius 1 is 1.18 bits per heavy atom. The van der Waals surface area contributed by atoms with Crippen molar-refractivity contribution in [1.29, 1.82) is 0 Å². The Morgan fingerprint density at radius 2 is 1.95 bits per heavy atom. The predicted octanol–water partition coefficient (Wildman–Crippen LogP) is 1.85. The summed E-state index contributed by atoms with van der Waals surface area (Å²) in [7, 11) is 1.68. The summed E-state index contributed by atoms with van der Waals surface area (Å²) in [6.45, 7) is 4.19. The summed E-state index contributed by atoms with van der Waals surface area (Å²) < 4.78 is 2.01. The van der Waals surface area contributed by atoms with Crippen LogP contribution in [0.2, 0.25) is 0 Å². The van der Waals surface area contributed by atoms with E-state index in [0.29, 0.717) is 4.47 Å². The van der Waals surface area contributed by atoms with E-state index in [1.165, 1.54) is 30.4 Å². The third-order valence-corrected chi connectivity index (χ3v) is 6.63. The molecule has 3 unspecified atom stereocenters. The van der Waals surface area contributed by atoms with Crippen molar-refractivity contribution in [3.8, 4) is 0 Å². The molecule has 0 amide bonds. The van der Waals surface area contributed by atoms with Gasteiger partial charge in [-0.3, -0.25) is 9.69 Å². The van der Waals surface area contributed by atoms with Crippen LogP contribution in [0.5, 0.6) is 0 Å². The lowest BCUT2D eigenvalue weighted by Crippen LogP contribution is -2.52. The topological polar surface area (TPSA) is 41.4 Å². The minimum atomic E-state index is -0.0620. The lowest BCUT2D eigenvalue weighted by Gasteiger charge is -2.41. The van der Waals surface area contributed by atoms with Crippen LogP contribution < -0.4 is 10.5 Å². The van der Waals surface area contributed by atoms with Crippen LogP contribution in [0.25, 0.3) is 0 Å². The molecular weight excluding hydrogens is 344 g/mol. The molecule has 0 spiro atoms. The van der Waals surface area contributed by atoms with Gasteiger partial charge in [0.15, 0.2) is 0 Å². The Labute approximate surface area is 139 Å². The van der Waals surface area contributed by atoms with E-state index < -0.39 is 0 Å². The van der Waals surface area contributed by atoms with E-state index in [9.17, 15) is 4.79 Å². The standard InChI is InChI=1S/C16H23BrN4O/c1-19-16(22)15(17)14(10-18-19)21-6-4-20(5-7-21)13-9-11-2-3-12(13)8-11/h10-13H,2-9H2,1H3. The van der Waals surface area contributed by atoms with Crippen molar-refractivity contribution < 1.29 is 0 Å². The van der Waals surface area contributed by atoms with Crippen molar-refractivity contribution in [2.45, 2.75) is 31.7 Å². The van der Waals surface area contributed by atoms with E-state index in [-0.39, 0.29) is 5.56 Å². The number of aryl methyl sites for hydroxylation is 1. The molecule has 120 valence electrons. The Bertz CT molecular complexity index is 623. The Hall–Kier alpha value is -0.880. The molecule has 1 aliphatic heterocycles. The first kappa shape index (κ1) is 14.7. The van der Waals surface area contributed by atoms with Gasteiger partial charge in [-0.1, -0.05) is 6.42 Å². The number of halogens is 1. The van der Waals surface area contributed by atoms with Crippen molar-refractivity contribution in [3.05, 3.63) is 21.0 Å². The summed E-state index contributed by atoms with van der Waals surface area (Å²) in [5.41, 5.74) is 0.878. The molecule has 2 heterocycles. The normalized spacial score (nSPS) is 31.9. The largest absolute Gasteiger partial charge is 0.367 e. The highest BCUT2D eigenvalue weighted by Crippen LogP contribution is 2.46. The number of anilines is 1. The molecule has 1 aromatic heterocycles. The fraction of sp³-hybridized carbons (Fsp3) is 0.750. The Morgan fingerprint density at radius 3 is 2.59 bits per heavy atom. The molecule has 3 fully saturated rings. The van der Waals surface area contributed by atoms with Crippen LogP contribution in [-0.2, 0) is 7.05 Å². The van der Waals surface area contributed by atoms with Crippen molar-refractivity contribution in [3.63, 3.8) is 0 Å². The van der Waals surface area contributed by atoms with Crippen LogP contribution in [0.1, 0.15) is 25.7 Å². The fourth-order valence-electron chi connectivity index (χ4n) is 4.68.